The second-order valence-corrected chi connectivity index (χ2v) is 9.58. The zero-order valence-electron chi connectivity index (χ0n) is 10.8. The summed E-state index contributed by atoms with van der Waals surface area (Å²) in [6.07, 6.45) is 2.06. The Morgan fingerprint density at radius 1 is 1.00 bits per heavy atom. The van der Waals surface area contributed by atoms with E-state index in [0.717, 1.165) is 18.4 Å². The summed E-state index contributed by atoms with van der Waals surface area (Å²) in [6.45, 7) is 1.13. The van der Waals surface area contributed by atoms with Crippen LogP contribution in [0.5, 0.6) is 0 Å². The van der Waals surface area contributed by atoms with Gasteiger partial charge in [0.05, 0.1) is 10.6 Å². The molecular formula is C12H16ClNO4S2. The van der Waals surface area contributed by atoms with Crippen LogP contribution in [-0.4, -0.2) is 40.0 Å². The van der Waals surface area contributed by atoms with Gasteiger partial charge in [0, 0.05) is 23.8 Å². The quantitative estimate of drug-likeness (QED) is 0.765. The normalized spacial score (nSPS) is 17.4. The van der Waals surface area contributed by atoms with E-state index < -0.39 is 19.1 Å². The van der Waals surface area contributed by atoms with E-state index in [0.29, 0.717) is 13.1 Å². The highest BCUT2D eigenvalue weighted by Crippen LogP contribution is 2.21. The lowest BCUT2D eigenvalue weighted by molar-refractivity contribution is 0.477. The van der Waals surface area contributed by atoms with Crippen molar-refractivity contribution in [2.45, 2.75) is 24.2 Å². The second kappa shape index (κ2) is 6.01. The molecule has 1 aromatic rings. The van der Waals surface area contributed by atoms with Gasteiger partial charge in [0.25, 0.3) is 0 Å². The van der Waals surface area contributed by atoms with Crippen molar-refractivity contribution in [2.24, 2.45) is 0 Å². The molecule has 0 spiro atoms. The fourth-order valence-corrected chi connectivity index (χ4v) is 4.37. The summed E-state index contributed by atoms with van der Waals surface area (Å²) >= 11 is 0. The number of hydrogen-bond donors (Lipinski definition) is 0. The molecule has 8 heteroatoms. The third-order valence-electron chi connectivity index (χ3n) is 3.26. The number of halogens is 1. The summed E-state index contributed by atoms with van der Waals surface area (Å²) < 4.78 is 47.8. The number of nitrogens with zero attached hydrogens (tertiary/aromatic N) is 1. The number of rotatable bonds is 5. The van der Waals surface area contributed by atoms with Crippen molar-refractivity contribution in [1.82, 2.24) is 4.31 Å². The molecule has 1 aliphatic heterocycles. The fraction of sp³-hybridized carbons (Fsp3) is 0.500. The van der Waals surface area contributed by atoms with Crippen LogP contribution in [0.1, 0.15) is 18.4 Å². The van der Waals surface area contributed by atoms with Crippen molar-refractivity contribution in [3.63, 3.8) is 0 Å². The Labute approximate surface area is 124 Å². The third kappa shape index (κ3) is 3.94. The number of benzene rings is 1. The lowest BCUT2D eigenvalue weighted by atomic mass is 10.2. The molecule has 1 saturated heterocycles. The first-order valence-electron chi connectivity index (χ1n) is 6.30. The van der Waals surface area contributed by atoms with Crippen molar-refractivity contribution in [1.29, 1.82) is 0 Å². The molecule has 1 fully saturated rings. The van der Waals surface area contributed by atoms with E-state index in [1.807, 2.05) is 0 Å². The molecule has 0 aromatic heterocycles. The molecule has 0 amide bonds. The van der Waals surface area contributed by atoms with Crippen LogP contribution in [0.3, 0.4) is 0 Å². The Bertz CT molecular complexity index is 662. The van der Waals surface area contributed by atoms with Crippen LogP contribution >= 0.6 is 10.7 Å². The number of sulfonamides is 1. The van der Waals surface area contributed by atoms with E-state index in [1.54, 1.807) is 12.1 Å². The van der Waals surface area contributed by atoms with Crippen molar-refractivity contribution in [3.05, 3.63) is 29.8 Å². The van der Waals surface area contributed by atoms with Gasteiger partial charge < -0.3 is 0 Å². The molecule has 112 valence electrons. The second-order valence-electron chi connectivity index (χ2n) is 4.75. The van der Waals surface area contributed by atoms with Crippen LogP contribution in [-0.2, 0) is 25.5 Å². The van der Waals surface area contributed by atoms with Crippen molar-refractivity contribution >= 4 is 29.8 Å². The highest BCUT2D eigenvalue weighted by molar-refractivity contribution is 8.13. The van der Waals surface area contributed by atoms with Gasteiger partial charge in [0.15, 0.2) is 0 Å². The summed E-state index contributed by atoms with van der Waals surface area (Å²) in [5.74, 6) is -0.160. The van der Waals surface area contributed by atoms with Crippen LogP contribution in [0.4, 0.5) is 0 Å². The zero-order chi connectivity index (χ0) is 14.8. The van der Waals surface area contributed by atoms with Crippen molar-refractivity contribution < 1.29 is 16.8 Å². The Hall–Kier alpha value is -0.630. The van der Waals surface area contributed by atoms with E-state index in [1.165, 1.54) is 16.4 Å². The van der Waals surface area contributed by atoms with Crippen LogP contribution in [0.15, 0.2) is 29.2 Å². The summed E-state index contributed by atoms with van der Waals surface area (Å²) in [5.41, 5.74) is 0.745. The van der Waals surface area contributed by atoms with E-state index in [9.17, 15) is 16.8 Å². The van der Waals surface area contributed by atoms with Crippen molar-refractivity contribution in [3.8, 4) is 0 Å². The maximum absolute atomic E-state index is 12.3. The molecule has 0 radical (unpaired) electrons. The highest BCUT2D eigenvalue weighted by atomic mass is 35.7. The van der Waals surface area contributed by atoms with Gasteiger partial charge in [-0.2, -0.15) is 4.31 Å². The zero-order valence-corrected chi connectivity index (χ0v) is 13.2. The Morgan fingerprint density at radius 3 is 2.05 bits per heavy atom. The fourth-order valence-electron chi connectivity index (χ4n) is 2.15. The molecule has 0 aliphatic carbocycles. The molecule has 1 aliphatic rings. The van der Waals surface area contributed by atoms with Crippen molar-refractivity contribution in [2.75, 3.05) is 18.8 Å². The maximum atomic E-state index is 12.3. The number of aryl methyl sites for hydroxylation is 1. The van der Waals surface area contributed by atoms with Gasteiger partial charge in [0.2, 0.25) is 19.1 Å². The minimum Gasteiger partial charge on any atom is -0.212 e. The molecule has 20 heavy (non-hydrogen) atoms. The summed E-state index contributed by atoms with van der Waals surface area (Å²) in [6, 6.07) is 6.30. The summed E-state index contributed by atoms with van der Waals surface area (Å²) in [4.78, 5) is 0.247. The smallest absolute Gasteiger partial charge is 0.212 e. The van der Waals surface area contributed by atoms with E-state index in [4.69, 9.17) is 10.7 Å². The Kier molecular flexibility index (Phi) is 4.73. The molecule has 0 N–H and O–H groups in total. The first-order valence-corrected chi connectivity index (χ1v) is 10.2. The average molecular weight is 338 g/mol. The van der Waals surface area contributed by atoms with Crippen LogP contribution in [0.2, 0.25) is 0 Å². The van der Waals surface area contributed by atoms with Gasteiger partial charge in [-0.1, -0.05) is 12.1 Å². The monoisotopic (exact) mass is 337 g/mol. The van der Waals surface area contributed by atoms with Gasteiger partial charge in [0.1, 0.15) is 0 Å². The lowest BCUT2D eigenvalue weighted by Gasteiger charge is -2.15. The average Bonchev–Trinajstić information content (AvgIpc) is 2.90. The molecule has 0 unspecified atom stereocenters. The van der Waals surface area contributed by atoms with E-state index >= 15 is 0 Å². The predicted molar refractivity (Wildman–Crippen MR) is 77.8 cm³/mol. The largest absolute Gasteiger partial charge is 0.243 e. The summed E-state index contributed by atoms with van der Waals surface area (Å²) in [5, 5.41) is 0. The summed E-state index contributed by atoms with van der Waals surface area (Å²) in [7, 11) is -1.80. The lowest BCUT2D eigenvalue weighted by Crippen LogP contribution is -2.27. The van der Waals surface area contributed by atoms with E-state index in [2.05, 4.69) is 0 Å². The Balaban J connectivity index is 2.11. The van der Waals surface area contributed by atoms with Crippen LogP contribution in [0, 0.1) is 0 Å². The molecule has 0 saturated carbocycles. The molecule has 0 bridgehead atoms. The minimum absolute atomic E-state index is 0.160. The van der Waals surface area contributed by atoms with Gasteiger partial charge >= 0.3 is 0 Å². The molecule has 0 atom stereocenters. The topological polar surface area (TPSA) is 71.5 Å². The number of hydrogen-bond acceptors (Lipinski definition) is 4. The Morgan fingerprint density at radius 2 is 1.55 bits per heavy atom. The molecule has 2 rings (SSSR count). The predicted octanol–water partition coefficient (Wildman–Crippen LogP) is 1.58. The maximum Gasteiger partial charge on any atom is 0.243 e. The van der Waals surface area contributed by atoms with Gasteiger partial charge in [-0.25, -0.2) is 16.8 Å². The minimum atomic E-state index is -3.53. The molecule has 1 aromatic carbocycles. The highest BCUT2D eigenvalue weighted by Gasteiger charge is 2.26. The van der Waals surface area contributed by atoms with E-state index in [-0.39, 0.29) is 17.1 Å². The van der Waals surface area contributed by atoms with Crippen LogP contribution in [0.25, 0.3) is 0 Å². The van der Waals surface area contributed by atoms with Gasteiger partial charge in [-0.05, 0) is 37.0 Å². The molecule has 5 nitrogen and oxygen atoms in total. The molecule has 1 heterocycles. The molecular weight excluding hydrogens is 322 g/mol. The van der Waals surface area contributed by atoms with Gasteiger partial charge in [-0.15, -0.1) is 0 Å². The standard InChI is InChI=1S/C12H16ClNO4S2/c13-19(15,16)10-7-11-3-5-12(6-4-11)20(17,18)14-8-1-2-9-14/h3-6H,1-2,7-10H2. The first kappa shape index (κ1) is 15.8. The van der Waals surface area contributed by atoms with Crippen LogP contribution < -0.4 is 0 Å². The first-order chi connectivity index (χ1) is 9.29. The SMILES string of the molecule is O=S(=O)(Cl)CCc1ccc(S(=O)(=O)N2CCCC2)cc1. The third-order valence-corrected chi connectivity index (χ3v) is 6.33. The van der Waals surface area contributed by atoms with Gasteiger partial charge in [-0.3, -0.25) is 0 Å².